The molecule has 6 aliphatic rings. The molecule has 26 heavy (non-hydrogen) atoms. The molecule has 0 aromatic carbocycles. The van der Waals surface area contributed by atoms with Crippen molar-refractivity contribution in [2.75, 3.05) is 6.61 Å². The van der Waals surface area contributed by atoms with Gasteiger partial charge in [0.25, 0.3) is 0 Å². The highest BCUT2D eigenvalue weighted by molar-refractivity contribution is 5.09. The number of hydrogen-bond acceptors (Lipinski definition) is 5. The molecule has 1 unspecified atom stereocenters. The van der Waals surface area contributed by atoms with Gasteiger partial charge in [-0.05, 0) is 56.8 Å². The van der Waals surface area contributed by atoms with Crippen LogP contribution in [0.2, 0.25) is 0 Å². The minimum absolute atomic E-state index is 0.197. The van der Waals surface area contributed by atoms with E-state index in [1.165, 1.54) is 32.1 Å². The fraction of sp³-hybridized carbons (Fsp3) is 1.00. The molecular formula is C21H34O5. The summed E-state index contributed by atoms with van der Waals surface area (Å²) in [4.78, 5) is 12.0. The molecule has 5 heteroatoms. The van der Waals surface area contributed by atoms with Crippen LogP contribution in [0, 0.1) is 29.6 Å². The second-order valence-electron chi connectivity index (χ2n) is 9.76. The van der Waals surface area contributed by atoms with Crippen molar-refractivity contribution < 1.29 is 24.0 Å². The number of fused-ring (bicyclic) bond motifs is 2. The SMILES string of the molecule is C[C@H]1[C@@H](OCC2CCCC2)O[C@@H]2O[C@]3(C)CCC4[C@H](C)CC[C@@H]1[C@]42OO3. The highest BCUT2D eigenvalue weighted by Gasteiger charge is 2.69. The molecule has 4 aliphatic heterocycles. The van der Waals surface area contributed by atoms with Gasteiger partial charge in [0.2, 0.25) is 5.79 Å². The summed E-state index contributed by atoms with van der Waals surface area (Å²) in [5, 5.41) is 0. The fourth-order valence-corrected chi connectivity index (χ4v) is 6.47. The van der Waals surface area contributed by atoms with Crippen molar-refractivity contribution in [2.45, 2.75) is 96.1 Å². The molecule has 6 rings (SSSR count). The van der Waals surface area contributed by atoms with Gasteiger partial charge in [0.05, 0.1) is 6.61 Å². The van der Waals surface area contributed by atoms with Gasteiger partial charge in [-0.1, -0.05) is 26.7 Å². The van der Waals surface area contributed by atoms with Gasteiger partial charge in [-0.2, -0.15) is 0 Å². The summed E-state index contributed by atoms with van der Waals surface area (Å²) in [6.07, 6.45) is 9.00. The van der Waals surface area contributed by atoms with E-state index in [4.69, 9.17) is 24.0 Å². The number of hydrogen-bond donors (Lipinski definition) is 0. The normalized spacial score (nSPS) is 54.1. The third-order valence-corrected chi connectivity index (χ3v) is 8.07. The van der Waals surface area contributed by atoms with Crippen LogP contribution in [-0.4, -0.2) is 30.6 Å². The molecule has 5 nitrogen and oxygen atoms in total. The summed E-state index contributed by atoms with van der Waals surface area (Å²) in [5.41, 5.74) is -0.472. The van der Waals surface area contributed by atoms with Crippen LogP contribution < -0.4 is 0 Å². The van der Waals surface area contributed by atoms with Gasteiger partial charge in [0.15, 0.2) is 18.2 Å². The molecule has 0 N–H and O–H groups in total. The van der Waals surface area contributed by atoms with E-state index in [0.29, 0.717) is 23.7 Å². The average Bonchev–Trinajstić information content (AvgIpc) is 3.04. The van der Waals surface area contributed by atoms with Crippen LogP contribution in [-0.2, 0) is 24.0 Å². The monoisotopic (exact) mass is 366 g/mol. The van der Waals surface area contributed by atoms with Gasteiger partial charge in [-0.3, -0.25) is 0 Å². The van der Waals surface area contributed by atoms with Crippen molar-refractivity contribution in [1.82, 2.24) is 0 Å². The second kappa shape index (κ2) is 6.41. The van der Waals surface area contributed by atoms with Crippen LogP contribution in [0.15, 0.2) is 0 Å². The van der Waals surface area contributed by atoms with Gasteiger partial charge < -0.3 is 14.2 Å². The molecule has 1 spiro atoms. The fourth-order valence-electron chi connectivity index (χ4n) is 6.47. The summed E-state index contributed by atoms with van der Waals surface area (Å²) in [7, 11) is 0. The first-order chi connectivity index (χ1) is 12.5. The highest BCUT2D eigenvalue weighted by Crippen LogP contribution is 2.60. The molecule has 2 bridgehead atoms. The number of rotatable bonds is 3. The first-order valence-electron chi connectivity index (χ1n) is 10.8. The molecule has 2 aliphatic carbocycles. The van der Waals surface area contributed by atoms with Crippen molar-refractivity contribution in [3.63, 3.8) is 0 Å². The Hall–Kier alpha value is -0.200. The smallest absolute Gasteiger partial charge is 0.201 e. The van der Waals surface area contributed by atoms with Gasteiger partial charge in [-0.25, -0.2) is 9.78 Å². The van der Waals surface area contributed by atoms with Crippen molar-refractivity contribution >= 4 is 0 Å². The Morgan fingerprint density at radius 1 is 0.962 bits per heavy atom. The summed E-state index contributed by atoms with van der Waals surface area (Å²) in [5.74, 6) is 1.68. The van der Waals surface area contributed by atoms with Crippen molar-refractivity contribution in [2.24, 2.45) is 29.6 Å². The van der Waals surface area contributed by atoms with E-state index in [2.05, 4.69) is 13.8 Å². The summed E-state index contributed by atoms with van der Waals surface area (Å²) in [6.45, 7) is 7.41. The van der Waals surface area contributed by atoms with Crippen LogP contribution in [0.5, 0.6) is 0 Å². The third kappa shape index (κ3) is 2.61. The Labute approximate surface area is 157 Å². The molecule has 0 amide bonds. The van der Waals surface area contributed by atoms with Gasteiger partial charge in [0.1, 0.15) is 0 Å². The number of ether oxygens (including phenoxy) is 3. The molecule has 8 atom stereocenters. The second-order valence-corrected chi connectivity index (χ2v) is 9.76. The Balaban J connectivity index is 1.41. The predicted molar refractivity (Wildman–Crippen MR) is 94.7 cm³/mol. The maximum absolute atomic E-state index is 6.47. The Kier molecular flexibility index (Phi) is 4.41. The zero-order valence-corrected chi connectivity index (χ0v) is 16.4. The Morgan fingerprint density at radius 2 is 1.77 bits per heavy atom. The summed E-state index contributed by atoms with van der Waals surface area (Å²) < 4.78 is 19.2. The maximum atomic E-state index is 6.47. The molecule has 0 radical (unpaired) electrons. The van der Waals surface area contributed by atoms with E-state index >= 15 is 0 Å². The lowest BCUT2D eigenvalue weighted by molar-refractivity contribution is -0.577. The lowest BCUT2D eigenvalue weighted by Gasteiger charge is -2.60. The molecule has 0 aromatic rings. The van der Waals surface area contributed by atoms with E-state index in [-0.39, 0.29) is 18.5 Å². The van der Waals surface area contributed by atoms with E-state index in [9.17, 15) is 0 Å². The van der Waals surface area contributed by atoms with Crippen molar-refractivity contribution in [1.29, 1.82) is 0 Å². The van der Waals surface area contributed by atoms with Crippen molar-refractivity contribution in [3.8, 4) is 0 Å². The van der Waals surface area contributed by atoms with E-state index < -0.39 is 11.4 Å². The molecule has 2 saturated carbocycles. The minimum Gasteiger partial charge on any atom is -0.352 e. The van der Waals surface area contributed by atoms with E-state index in [0.717, 1.165) is 25.9 Å². The first-order valence-corrected chi connectivity index (χ1v) is 10.8. The van der Waals surface area contributed by atoms with Gasteiger partial charge in [-0.15, -0.1) is 0 Å². The standard InChI is InChI=1S/C21H34O5/c1-13-8-9-17-14(2)18(22-12-15-6-4-5-7-15)23-19-21(17)16(13)10-11-20(3,24-19)25-26-21/h13-19H,4-12H2,1-3H3/t13-,14-,16?,17+,18+,19-,20+,21-/m1/s1. The van der Waals surface area contributed by atoms with Crippen molar-refractivity contribution in [3.05, 3.63) is 0 Å². The van der Waals surface area contributed by atoms with Gasteiger partial charge in [0, 0.05) is 18.3 Å². The van der Waals surface area contributed by atoms with Crippen LogP contribution in [0.1, 0.15) is 72.1 Å². The molecule has 4 saturated heterocycles. The summed E-state index contributed by atoms with van der Waals surface area (Å²) >= 11 is 0. The summed E-state index contributed by atoms with van der Waals surface area (Å²) in [6, 6.07) is 0. The highest BCUT2D eigenvalue weighted by atomic mass is 17.3. The molecule has 6 fully saturated rings. The minimum atomic E-state index is -0.700. The van der Waals surface area contributed by atoms with Crippen LogP contribution in [0.3, 0.4) is 0 Å². The zero-order chi connectivity index (χ0) is 17.9. The topological polar surface area (TPSA) is 46.2 Å². The van der Waals surface area contributed by atoms with E-state index in [1.807, 2.05) is 6.92 Å². The maximum Gasteiger partial charge on any atom is 0.201 e. The quantitative estimate of drug-likeness (QED) is 0.693. The zero-order valence-electron chi connectivity index (χ0n) is 16.4. The Bertz CT molecular complexity index is 534. The van der Waals surface area contributed by atoms with Gasteiger partial charge >= 0.3 is 0 Å². The largest absolute Gasteiger partial charge is 0.352 e. The Morgan fingerprint density at radius 3 is 2.58 bits per heavy atom. The van der Waals surface area contributed by atoms with Crippen LogP contribution in [0.25, 0.3) is 0 Å². The van der Waals surface area contributed by atoms with Crippen LogP contribution >= 0.6 is 0 Å². The molecule has 148 valence electrons. The van der Waals surface area contributed by atoms with Crippen LogP contribution in [0.4, 0.5) is 0 Å². The average molecular weight is 366 g/mol. The molecular weight excluding hydrogens is 332 g/mol. The molecule has 0 aromatic heterocycles. The van der Waals surface area contributed by atoms with E-state index in [1.54, 1.807) is 0 Å². The lowest BCUT2D eigenvalue weighted by atomic mass is 9.58. The first kappa shape index (κ1) is 17.9. The third-order valence-electron chi connectivity index (χ3n) is 8.07. The molecule has 4 heterocycles. The lowest BCUT2D eigenvalue weighted by Crippen LogP contribution is -2.70. The predicted octanol–water partition coefficient (Wildman–Crippen LogP) is 4.40.